The van der Waals surface area contributed by atoms with Gasteiger partial charge in [-0.2, -0.15) is 0 Å². The van der Waals surface area contributed by atoms with Crippen molar-refractivity contribution in [3.63, 3.8) is 0 Å². The number of aliphatic carboxylic acids is 1. The molecule has 0 aliphatic heterocycles. The molecule has 7 nitrogen and oxygen atoms in total. The van der Waals surface area contributed by atoms with Crippen molar-refractivity contribution >= 4 is 28.7 Å². The summed E-state index contributed by atoms with van der Waals surface area (Å²) < 4.78 is 5.85. The Hall–Kier alpha value is -4.65. The fourth-order valence-corrected chi connectivity index (χ4v) is 5.78. The predicted octanol–water partition coefficient (Wildman–Crippen LogP) is 6.25. The molecule has 0 saturated carbocycles. The van der Waals surface area contributed by atoms with Gasteiger partial charge in [-0.3, -0.25) is 9.69 Å². The van der Waals surface area contributed by atoms with Crippen LogP contribution in [0, 0.1) is 5.92 Å². The number of benzene rings is 4. The zero-order chi connectivity index (χ0) is 29.8. The molecule has 0 bridgehead atoms. The Balaban J connectivity index is 1.37. The van der Waals surface area contributed by atoms with E-state index >= 15 is 0 Å². The minimum Gasteiger partial charge on any atom is -0.480 e. The highest BCUT2D eigenvalue weighted by molar-refractivity contribution is 5.90. The van der Waals surface area contributed by atoms with Gasteiger partial charge in [0.05, 0.1) is 0 Å². The second-order valence-corrected chi connectivity index (χ2v) is 11.3. The van der Waals surface area contributed by atoms with Crippen LogP contribution in [0.2, 0.25) is 0 Å². The highest BCUT2D eigenvalue weighted by atomic mass is 16.6. The van der Waals surface area contributed by atoms with Crippen LogP contribution in [0.1, 0.15) is 42.9 Å². The third kappa shape index (κ3) is 6.15. The van der Waals surface area contributed by atoms with Crippen LogP contribution in [-0.4, -0.2) is 53.7 Å². The molecular weight excluding hydrogens is 528 g/mol. The number of fused-ring (bicyclic) bond motifs is 4. The van der Waals surface area contributed by atoms with Gasteiger partial charge in [0, 0.05) is 19.4 Å². The van der Waals surface area contributed by atoms with Crippen molar-refractivity contribution in [3.05, 3.63) is 108 Å². The summed E-state index contributed by atoms with van der Waals surface area (Å²) in [7, 11) is 1.53. The third-order valence-corrected chi connectivity index (χ3v) is 7.96. The first-order valence-corrected chi connectivity index (χ1v) is 14.3. The van der Waals surface area contributed by atoms with Crippen LogP contribution in [0.3, 0.4) is 0 Å². The van der Waals surface area contributed by atoms with E-state index in [2.05, 4.69) is 17.4 Å². The van der Waals surface area contributed by atoms with Gasteiger partial charge >= 0.3 is 12.1 Å². The Morgan fingerprint density at radius 1 is 0.857 bits per heavy atom. The average Bonchev–Trinajstić information content (AvgIpc) is 3.31. The summed E-state index contributed by atoms with van der Waals surface area (Å²) in [4.78, 5) is 40.3. The summed E-state index contributed by atoms with van der Waals surface area (Å²) in [6.07, 6.45) is -0.169. The maximum atomic E-state index is 13.6. The number of carboxylic acids is 1. The molecule has 42 heavy (non-hydrogen) atoms. The first kappa shape index (κ1) is 28.9. The number of hydrogen-bond acceptors (Lipinski definition) is 4. The van der Waals surface area contributed by atoms with E-state index in [4.69, 9.17) is 4.74 Å². The van der Waals surface area contributed by atoms with Gasteiger partial charge in [-0.25, -0.2) is 9.59 Å². The first-order valence-electron chi connectivity index (χ1n) is 14.3. The number of carboxylic acid groups (broad SMARTS) is 1. The Morgan fingerprint density at radius 2 is 1.45 bits per heavy atom. The molecule has 0 fully saturated rings. The molecule has 0 unspecified atom stereocenters. The van der Waals surface area contributed by atoms with Crippen LogP contribution in [0.5, 0.6) is 0 Å². The molecule has 4 aromatic carbocycles. The predicted molar refractivity (Wildman–Crippen MR) is 163 cm³/mol. The third-order valence-electron chi connectivity index (χ3n) is 7.96. The standard InChI is InChI=1S/C35H36N2O5/c1-22(2)18-31(34(39)40)36-33(38)32(20-23-16-17-24-10-4-5-11-25(24)19-23)37(3)35(41)42-21-30-28-14-8-6-12-26(28)27-13-7-9-15-29(27)30/h4-17,19,22,30-32H,18,20-21H2,1-3H3,(H,36,38)(H,39,40)/t31-,32-/m0/s1. The van der Waals surface area contributed by atoms with E-state index in [1.165, 1.54) is 11.9 Å². The molecule has 0 spiro atoms. The molecule has 7 heteroatoms. The largest absolute Gasteiger partial charge is 0.480 e. The summed E-state index contributed by atoms with van der Waals surface area (Å²) in [6.45, 7) is 3.92. The van der Waals surface area contributed by atoms with Crippen molar-refractivity contribution in [1.29, 1.82) is 0 Å². The van der Waals surface area contributed by atoms with Gasteiger partial charge in [0.1, 0.15) is 18.7 Å². The quantitative estimate of drug-likeness (QED) is 0.238. The zero-order valence-electron chi connectivity index (χ0n) is 24.1. The summed E-state index contributed by atoms with van der Waals surface area (Å²) in [5, 5.41) is 14.5. The topological polar surface area (TPSA) is 95.9 Å². The molecule has 1 aliphatic carbocycles. The van der Waals surface area contributed by atoms with Gasteiger partial charge in [-0.15, -0.1) is 0 Å². The number of likely N-dealkylation sites (N-methyl/N-ethyl adjacent to an activating group) is 1. The van der Waals surface area contributed by atoms with Crippen molar-refractivity contribution < 1.29 is 24.2 Å². The molecule has 4 aromatic rings. The lowest BCUT2D eigenvalue weighted by Crippen LogP contribution is -2.53. The van der Waals surface area contributed by atoms with E-state index < -0.39 is 30.1 Å². The summed E-state index contributed by atoms with van der Waals surface area (Å²) >= 11 is 0. The number of hydrogen-bond donors (Lipinski definition) is 2. The Kier molecular flexibility index (Phi) is 8.57. The van der Waals surface area contributed by atoms with Crippen molar-refractivity contribution in [2.24, 2.45) is 5.92 Å². The highest BCUT2D eigenvalue weighted by Gasteiger charge is 2.34. The molecule has 2 N–H and O–H groups in total. The van der Waals surface area contributed by atoms with Gasteiger partial charge in [-0.05, 0) is 50.9 Å². The number of amides is 2. The number of carbonyl (C=O) groups excluding carboxylic acids is 2. The summed E-state index contributed by atoms with van der Waals surface area (Å²) in [5.74, 6) is -1.70. The Labute approximate surface area is 246 Å². The minimum atomic E-state index is -1.11. The van der Waals surface area contributed by atoms with Crippen molar-refractivity contribution in [2.75, 3.05) is 13.7 Å². The fraction of sp³-hybridized carbons (Fsp3) is 0.286. The molecule has 2 amide bonds. The van der Waals surface area contributed by atoms with Crippen molar-refractivity contribution in [2.45, 2.75) is 44.7 Å². The van der Waals surface area contributed by atoms with Gasteiger partial charge in [0.25, 0.3) is 0 Å². The number of rotatable bonds is 10. The molecule has 0 heterocycles. The van der Waals surface area contributed by atoms with Crippen molar-refractivity contribution in [3.8, 4) is 11.1 Å². The molecule has 5 rings (SSSR count). The Morgan fingerprint density at radius 3 is 2.07 bits per heavy atom. The number of carbonyl (C=O) groups is 3. The molecule has 2 atom stereocenters. The lowest BCUT2D eigenvalue weighted by molar-refractivity contribution is -0.143. The van der Waals surface area contributed by atoms with E-state index in [1.54, 1.807) is 0 Å². The Bertz CT molecular complexity index is 1570. The number of nitrogens with zero attached hydrogens (tertiary/aromatic N) is 1. The zero-order valence-corrected chi connectivity index (χ0v) is 24.1. The van der Waals surface area contributed by atoms with Crippen LogP contribution in [0.15, 0.2) is 91.0 Å². The van der Waals surface area contributed by atoms with Gasteiger partial charge in [0.2, 0.25) is 5.91 Å². The van der Waals surface area contributed by atoms with E-state index in [0.717, 1.165) is 38.6 Å². The fourth-order valence-electron chi connectivity index (χ4n) is 5.78. The molecular formula is C35H36N2O5. The van der Waals surface area contributed by atoms with Crippen LogP contribution in [0.4, 0.5) is 4.79 Å². The smallest absolute Gasteiger partial charge is 0.410 e. The molecule has 0 radical (unpaired) electrons. The average molecular weight is 565 g/mol. The molecule has 216 valence electrons. The minimum absolute atomic E-state index is 0.0604. The van der Waals surface area contributed by atoms with Gasteiger partial charge in [-0.1, -0.05) is 105 Å². The first-order chi connectivity index (χ1) is 20.2. The lowest BCUT2D eigenvalue weighted by Gasteiger charge is -2.29. The SMILES string of the molecule is CC(C)C[C@H](NC(=O)[C@H](Cc1ccc2ccccc2c1)N(C)C(=O)OCC1c2ccccc2-c2ccccc21)C(=O)O. The number of ether oxygens (including phenoxy) is 1. The van der Waals surface area contributed by atoms with Gasteiger partial charge < -0.3 is 15.2 Å². The summed E-state index contributed by atoms with van der Waals surface area (Å²) in [6, 6.07) is 28.0. The van der Waals surface area contributed by atoms with Gasteiger partial charge in [0.15, 0.2) is 0 Å². The van der Waals surface area contributed by atoms with Crippen molar-refractivity contribution in [1.82, 2.24) is 10.2 Å². The van der Waals surface area contributed by atoms with E-state index in [-0.39, 0.29) is 31.3 Å². The molecule has 1 aliphatic rings. The second-order valence-electron chi connectivity index (χ2n) is 11.3. The number of nitrogens with one attached hydrogen (secondary N) is 1. The lowest BCUT2D eigenvalue weighted by atomic mass is 9.98. The summed E-state index contributed by atoms with van der Waals surface area (Å²) in [5.41, 5.74) is 5.29. The molecule has 0 aromatic heterocycles. The van der Waals surface area contributed by atoms with Crippen LogP contribution >= 0.6 is 0 Å². The van der Waals surface area contributed by atoms with Crippen LogP contribution < -0.4 is 5.32 Å². The van der Waals surface area contributed by atoms with E-state index in [9.17, 15) is 19.5 Å². The van der Waals surface area contributed by atoms with Crippen LogP contribution in [0.25, 0.3) is 21.9 Å². The maximum Gasteiger partial charge on any atom is 0.410 e. The molecule has 0 saturated heterocycles. The highest BCUT2D eigenvalue weighted by Crippen LogP contribution is 2.44. The second kappa shape index (κ2) is 12.5. The van der Waals surface area contributed by atoms with Crippen LogP contribution in [-0.2, 0) is 20.7 Å². The monoisotopic (exact) mass is 564 g/mol. The normalized spacial score (nSPS) is 13.7. The maximum absolute atomic E-state index is 13.6. The van der Waals surface area contributed by atoms with E-state index in [1.807, 2.05) is 92.7 Å². The van der Waals surface area contributed by atoms with E-state index in [0.29, 0.717) is 0 Å².